The maximum Gasteiger partial charge on any atom is 0.255 e. The maximum absolute atomic E-state index is 12.7. The molecule has 0 radical (unpaired) electrons. The molecule has 4 heteroatoms. The molecule has 0 spiro atoms. The molecule has 26 heavy (non-hydrogen) atoms. The molecule has 1 unspecified atom stereocenters. The number of fused-ring (bicyclic) bond motifs is 5. The molecule has 2 heterocycles. The van der Waals surface area contributed by atoms with E-state index in [0.29, 0.717) is 10.6 Å². The maximum atomic E-state index is 12.7. The van der Waals surface area contributed by atoms with Gasteiger partial charge < -0.3 is 10.2 Å². The number of amides is 1. The summed E-state index contributed by atoms with van der Waals surface area (Å²) in [5.74, 6) is -0.0815. The molecule has 0 saturated carbocycles. The zero-order valence-electron chi connectivity index (χ0n) is 13.8. The van der Waals surface area contributed by atoms with Crippen LogP contribution in [0.3, 0.4) is 0 Å². The van der Waals surface area contributed by atoms with Gasteiger partial charge in [0.15, 0.2) is 0 Å². The van der Waals surface area contributed by atoms with E-state index in [4.69, 9.17) is 11.6 Å². The summed E-state index contributed by atoms with van der Waals surface area (Å²) < 4.78 is 0. The Labute approximate surface area is 156 Å². The van der Waals surface area contributed by atoms with Gasteiger partial charge in [0.2, 0.25) is 0 Å². The first-order valence-corrected chi connectivity index (χ1v) is 8.86. The fourth-order valence-corrected chi connectivity index (χ4v) is 3.89. The lowest BCUT2D eigenvalue weighted by Gasteiger charge is -2.43. The Morgan fingerprint density at radius 1 is 0.923 bits per heavy atom. The third-order valence-corrected chi connectivity index (χ3v) is 5.14. The number of rotatable bonds is 1. The lowest BCUT2D eigenvalue weighted by molar-refractivity contribution is 0.0930. The average Bonchev–Trinajstić information content (AvgIpc) is 2.68. The predicted molar refractivity (Wildman–Crippen MR) is 105 cm³/mol. The molecule has 3 aromatic rings. The van der Waals surface area contributed by atoms with Crippen molar-refractivity contribution in [3.05, 3.63) is 100 Å². The molecule has 1 amide bonds. The van der Waals surface area contributed by atoms with E-state index in [-0.39, 0.29) is 12.1 Å². The van der Waals surface area contributed by atoms with Gasteiger partial charge in [0.05, 0.1) is 16.9 Å². The molecule has 0 bridgehead atoms. The Morgan fingerprint density at radius 3 is 2.54 bits per heavy atom. The number of hydrogen-bond donors (Lipinski definition) is 1. The van der Waals surface area contributed by atoms with Crippen molar-refractivity contribution in [2.24, 2.45) is 0 Å². The van der Waals surface area contributed by atoms with Gasteiger partial charge in [-0.2, -0.15) is 0 Å². The summed E-state index contributed by atoms with van der Waals surface area (Å²) in [5.41, 5.74) is 5.78. The summed E-state index contributed by atoms with van der Waals surface area (Å²) in [6, 6.07) is 23.8. The first kappa shape index (κ1) is 15.2. The summed E-state index contributed by atoms with van der Waals surface area (Å²) in [4.78, 5) is 14.9. The molecule has 1 atom stereocenters. The monoisotopic (exact) mass is 358 g/mol. The molecule has 0 saturated heterocycles. The second kappa shape index (κ2) is 5.75. The summed E-state index contributed by atoms with van der Waals surface area (Å²) in [7, 11) is 0. The van der Waals surface area contributed by atoms with Gasteiger partial charge in [-0.05, 0) is 35.4 Å². The molecule has 126 valence electrons. The van der Waals surface area contributed by atoms with Crippen LogP contribution in [0.2, 0.25) is 5.02 Å². The van der Waals surface area contributed by atoms with Crippen molar-refractivity contribution in [2.45, 2.75) is 6.17 Å². The van der Waals surface area contributed by atoms with E-state index < -0.39 is 0 Å². The summed E-state index contributed by atoms with van der Waals surface area (Å²) in [5, 5.41) is 3.77. The number of carbonyl (C=O) groups excluding carboxylic acids is 1. The molecule has 0 fully saturated rings. The van der Waals surface area contributed by atoms with Crippen LogP contribution in [-0.2, 0) is 0 Å². The van der Waals surface area contributed by atoms with Gasteiger partial charge >= 0.3 is 0 Å². The molecular formula is C22H15ClN2O. The van der Waals surface area contributed by atoms with Gasteiger partial charge in [-0.15, -0.1) is 0 Å². The summed E-state index contributed by atoms with van der Waals surface area (Å²) >= 11 is 6.27. The van der Waals surface area contributed by atoms with Crippen molar-refractivity contribution in [1.29, 1.82) is 0 Å². The SMILES string of the molecule is O=C1NC2c3ccccc3C=C(c3ccccc3)N2c2cc(Cl)ccc21. The Morgan fingerprint density at radius 2 is 1.69 bits per heavy atom. The van der Waals surface area contributed by atoms with Gasteiger partial charge in [-0.1, -0.05) is 66.2 Å². The second-order valence-corrected chi connectivity index (χ2v) is 6.87. The largest absolute Gasteiger partial charge is 0.327 e. The zero-order chi connectivity index (χ0) is 17.7. The van der Waals surface area contributed by atoms with Crippen LogP contribution in [-0.4, -0.2) is 5.91 Å². The van der Waals surface area contributed by atoms with Crippen molar-refractivity contribution in [2.75, 3.05) is 4.90 Å². The summed E-state index contributed by atoms with van der Waals surface area (Å²) in [6.45, 7) is 0. The first-order valence-electron chi connectivity index (χ1n) is 8.48. The normalized spacial score (nSPS) is 17.6. The average molecular weight is 359 g/mol. The molecule has 0 aliphatic carbocycles. The predicted octanol–water partition coefficient (Wildman–Crippen LogP) is 5.10. The standard InChI is InChI=1S/C22H15ClN2O/c23-16-10-11-18-20(13-16)25-19(14-6-2-1-3-7-14)12-15-8-4-5-9-17(15)21(25)24-22(18)26/h1-13,21H,(H,24,26). The van der Waals surface area contributed by atoms with Crippen molar-refractivity contribution in [1.82, 2.24) is 5.32 Å². The van der Waals surface area contributed by atoms with Crippen LogP contribution in [0.25, 0.3) is 11.8 Å². The first-order chi connectivity index (χ1) is 12.7. The number of benzene rings is 3. The molecule has 2 aliphatic heterocycles. The molecular weight excluding hydrogens is 344 g/mol. The lowest BCUT2D eigenvalue weighted by atomic mass is 9.92. The Kier molecular flexibility index (Phi) is 3.37. The van der Waals surface area contributed by atoms with Crippen LogP contribution in [0.1, 0.15) is 33.2 Å². The fraction of sp³-hybridized carbons (Fsp3) is 0.0455. The number of nitrogens with zero attached hydrogens (tertiary/aromatic N) is 1. The lowest BCUT2D eigenvalue weighted by Crippen LogP contribution is -2.47. The minimum absolute atomic E-state index is 0.0815. The van der Waals surface area contributed by atoms with Crippen molar-refractivity contribution >= 4 is 35.0 Å². The van der Waals surface area contributed by atoms with Gasteiger partial charge in [-0.3, -0.25) is 4.79 Å². The third-order valence-electron chi connectivity index (χ3n) is 4.90. The molecule has 0 aromatic heterocycles. The van der Waals surface area contributed by atoms with E-state index in [2.05, 4.69) is 40.6 Å². The van der Waals surface area contributed by atoms with Crippen LogP contribution in [0.15, 0.2) is 72.8 Å². The van der Waals surface area contributed by atoms with E-state index in [1.807, 2.05) is 36.4 Å². The van der Waals surface area contributed by atoms with Gasteiger partial charge in [0, 0.05) is 10.6 Å². The Balaban J connectivity index is 1.80. The zero-order valence-corrected chi connectivity index (χ0v) is 14.6. The number of anilines is 1. The smallest absolute Gasteiger partial charge is 0.255 e. The van der Waals surface area contributed by atoms with E-state index >= 15 is 0 Å². The highest BCUT2D eigenvalue weighted by atomic mass is 35.5. The Hall–Kier alpha value is -3.04. The van der Waals surface area contributed by atoms with E-state index in [1.165, 1.54) is 0 Å². The fourth-order valence-electron chi connectivity index (χ4n) is 3.73. The van der Waals surface area contributed by atoms with Gasteiger partial charge in [-0.25, -0.2) is 0 Å². The molecule has 5 rings (SSSR count). The molecule has 2 aliphatic rings. The number of halogens is 1. The van der Waals surface area contributed by atoms with Gasteiger partial charge in [0.25, 0.3) is 5.91 Å². The van der Waals surface area contributed by atoms with Crippen molar-refractivity contribution < 1.29 is 4.79 Å². The van der Waals surface area contributed by atoms with Crippen LogP contribution in [0.4, 0.5) is 5.69 Å². The molecule has 1 N–H and O–H groups in total. The Bertz CT molecular complexity index is 1060. The van der Waals surface area contributed by atoms with Crippen LogP contribution < -0.4 is 10.2 Å². The minimum Gasteiger partial charge on any atom is -0.327 e. The second-order valence-electron chi connectivity index (χ2n) is 6.43. The highest BCUT2D eigenvalue weighted by Crippen LogP contribution is 2.44. The van der Waals surface area contributed by atoms with Gasteiger partial charge in [0.1, 0.15) is 6.17 Å². The van der Waals surface area contributed by atoms with Crippen LogP contribution in [0.5, 0.6) is 0 Å². The summed E-state index contributed by atoms with van der Waals surface area (Å²) in [6.07, 6.45) is 1.91. The number of hydrogen-bond acceptors (Lipinski definition) is 2. The van der Waals surface area contributed by atoms with Crippen LogP contribution in [0, 0.1) is 0 Å². The quantitative estimate of drug-likeness (QED) is 0.656. The molecule has 3 aromatic carbocycles. The highest BCUT2D eigenvalue weighted by Gasteiger charge is 2.37. The molecule has 3 nitrogen and oxygen atoms in total. The topological polar surface area (TPSA) is 32.3 Å². The van der Waals surface area contributed by atoms with Crippen molar-refractivity contribution in [3.8, 4) is 0 Å². The minimum atomic E-state index is -0.259. The van der Waals surface area contributed by atoms with E-state index in [9.17, 15) is 4.79 Å². The highest BCUT2D eigenvalue weighted by molar-refractivity contribution is 6.31. The third kappa shape index (κ3) is 2.25. The van der Waals surface area contributed by atoms with Crippen molar-refractivity contribution in [3.63, 3.8) is 0 Å². The van der Waals surface area contributed by atoms with E-state index in [0.717, 1.165) is 28.1 Å². The van der Waals surface area contributed by atoms with E-state index in [1.54, 1.807) is 12.1 Å². The van der Waals surface area contributed by atoms with Crippen LogP contribution >= 0.6 is 11.6 Å². The number of carbonyl (C=O) groups is 1. The number of nitrogens with one attached hydrogen (secondary N) is 1.